The van der Waals surface area contributed by atoms with Gasteiger partial charge in [0, 0.05) is 6.42 Å². The Morgan fingerprint density at radius 2 is 1.90 bits per heavy atom. The fourth-order valence-electron chi connectivity index (χ4n) is 1.72. The number of aliphatic hydroxyl groups is 1. The van der Waals surface area contributed by atoms with E-state index in [2.05, 4.69) is 5.32 Å². The fraction of sp³-hybridized carbons (Fsp3) is 0.467. The number of carbonyl (C=O) groups excluding carboxylic acids is 2. The number of hydrogen-bond donors (Lipinski definition) is 2. The van der Waals surface area contributed by atoms with Crippen LogP contribution in [0.3, 0.4) is 0 Å². The van der Waals surface area contributed by atoms with E-state index >= 15 is 0 Å². The Morgan fingerprint density at radius 1 is 1.30 bits per heavy atom. The van der Waals surface area contributed by atoms with Crippen LogP contribution in [0.25, 0.3) is 0 Å². The first-order chi connectivity index (χ1) is 9.30. The molecular weight excluding hydrogens is 258 g/mol. The highest BCUT2D eigenvalue weighted by molar-refractivity contribution is 5.77. The summed E-state index contributed by atoms with van der Waals surface area (Å²) in [4.78, 5) is 23.1. The van der Waals surface area contributed by atoms with Crippen LogP contribution in [0.4, 0.5) is 4.79 Å². The molecule has 1 rings (SSSR count). The van der Waals surface area contributed by atoms with Crippen molar-refractivity contribution in [3.63, 3.8) is 0 Å². The number of aliphatic hydroxyl groups excluding tert-OH is 1. The molecule has 110 valence electrons. The van der Waals surface area contributed by atoms with E-state index in [9.17, 15) is 14.7 Å². The van der Waals surface area contributed by atoms with E-state index in [4.69, 9.17) is 4.74 Å². The van der Waals surface area contributed by atoms with E-state index in [1.54, 1.807) is 20.8 Å². The van der Waals surface area contributed by atoms with Crippen molar-refractivity contribution in [1.29, 1.82) is 0 Å². The molecule has 0 aliphatic heterocycles. The van der Waals surface area contributed by atoms with Crippen molar-refractivity contribution in [3.8, 4) is 0 Å². The summed E-state index contributed by atoms with van der Waals surface area (Å²) >= 11 is 0. The van der Waals surface area contributed by atoms with Crippen molar-refractivity contribution in [3.05, 3.63) is 35.9 Å². The second-order valence-corrected chi connectivity index (χ2v) is 5.72. The molecule has 0 aliphatic rings. The molecule has 1 aromatic carbocycles. The topological polar surface area (TPSA) is 75.6 Å². The van der Waals surface area contributed by atoms with Crippen molar-refractivity contribution < 1.29 is 19.4 Å². The van der Waals surface area contributed by atoms with Crippen LogP contribution in [0.2, 0.25) is 0 Å². The normalized spacial score (nSPS) is 14.2. The van der Waals surface area contributed by atoms with Crippen LogP contribution in [0, 0.1) is 0 Å². The minimum absolute atomic E-state index is 0.201. The first-order valence-electron chi connectivity index (χ1n) is 6.42. The molecule has 2 N–H and O–H groups in total. The van der Waals surface area contributed by atoms with Gasteiger partial charge in [-0.15, -0.1) is 0 Å². The lowest BCUT2D eigenvalue weighted by molar-refractivity contribution is -0.115. The maximum atomic E-state index is 11.8. The van der Waals surface area contributed by atoms with Gasteiger partial charge in [0.2, 0.25) is 0 Å². The number of ether oxygens (including phenoxy) is 1. The summed E-state index contributed by atoms with van der Waals surface area (Å²) < 4.78 is 5.11. The van der Waals surface area contributed by atoms with Crippen LogP contribution in [0.15, 0.2) is 30.3 Å². The van der Waals surface area contributed by atoms with Crippen molar-refractivity contribution in [2.45, 2.75) is 38.3 Å². The van der Waals surface area contributed by atoms with Gasteiger partial charge in [0.15, 0.2) is 0 Å². The molecule has 0 spiro atoms. The molecule has 0 aromatic heterocycles. The molecule has 0 fully saturated rings. The SMILES string of the molecule is CC(C)(C)OC(=O)NC(C=O)(CO)Cc1ccccc1. The molecule has 0 saturated heterocycles. The Hall–Kier alpha value is -1.88. The maximum absolute atomic E-state index is 11.8. The van der Waals surface area contributed by atoms with Gasteiger partial charge in [-0.1, -0.05) is 30.3 Å². The third-order valence-corrected chi connectivity index (χ3v) is 2.62. The number of nitrogens with one attached hydrogen (secondary N) is 1. The molecule has 0 radical (unpaired) electrons. The first kappa shape index (κ1) is 16.2. The summed E-state index contributed by atoms with van der Waals surface area (Å²) in [5.41, 5.74) is -1.20. The number of rotatable bonds is 5. The minimum atomic E-state index is -1.37. The third kappa shape index (κ3) is 5.01. The quantitative estimate of drug-likeness (QED) is 0.804. The Bertz CT molecular complexity index is 453. The van der Waals surface area contributed by atoms with Gasteiger partial charge in [0.05, 0.1) is 6.61 Å². The van der Waals surface area contributed by atoms with Crippen LogP contribution >= 0.6 is 0 Å². The molecular formula is C15H21NO4. The third-order valence-electron chi connectivity index (χ3n) is 2.62. The zero-order valence-corrected chi connectivity index (χ0v) is 12.1. The van der Waals surface area contributed by atoms with Gasteiger partial charge in [-0.2, -0.15) is 0 Å². The van der Waals surface area contributed by atoms with Crippen molar-refractivity contribution in [2.75, 3.05) is 6.61 Å². The number of amides is 1. The predicted molar refractivity (Wildman–Crippen MR) is 75.4 cm³/mol. The summed E-state index contributed by atoms with van der Waals surface area (Å²) in [7, 11) is 0. The number of alkyl carbamates (subject to hydrolysis) is 1. The summed E-state index contributed by atoms with van der Waals surface area (Å²) in [6.45, 7) is 4.69. The van der Waals surface area contributed by atoms with E-state index in [-0.39, 0.29) is 6.42 Å². The standard InChI is InChI=1S/C15H21NO4/c1-14(2,3)20-13(19)16-15(10-17,11-18)9-12-7-5-4-6-8-12/h4-8,10,18H,9,11H2,1-3H3,(H,16,19). The maximum Gasteiger partial charge on any atom is 0.408 e. The van der Waals surface area contributed by atoms with Gasteiger partial charge < -0.3 is 20.0 Å². The average Bonchev–Trinajstić information content (AvgIpc) is 2.37. The lowest BCUT2D eigenvalue weighted by Crippen LogP contribution is -2.55. The van der Waals surface area contributed by atoms with Gasteiger partial charge in [0.25, 0.3) is 0 Å². The smallest absolute Gasteiger partial charge is 0.408 e. The van der Waals surface area contributed by atoms with Crippen LogP contribution in [-0.4, -0.2) is 35.2 Å². The van der Waals surface area contributed by atoms with Crippen LogP contribution in [0.5, 0.6) is 0 Å². The predicted octanol–water partition coefficient (Wildman–Crippen LogP) is 1.68. The molecule has 5 heteroatoms. The summed E-state index contributed by atoms with van der Waals surface area (Å²) in [5, 5.41) is 11.9. The van der Waals surface area contributed by atoms with E-state index in [1.807, 2.05) is 30.3 Å². The lowest BCUT2D eigenvalue weighted by Gasteiger charge is -2.29. The molecule has 1 amide bonds. The second-order valence-electron chi connectivity index (χ2n) is 5.72. The molecule has 0 bridgehead atoms. The van der Waals surface area contributed by atoms with Gasteiger partial charge in [0.1, 0.15) is 17.4 Å². The molecule has 20 heavy (non-hydrogen) atoms. The lowest BCUT2D eigenvalue weighted by atomic mass is 9.93. The summed E-state index contributed by atoms with van der Waals surface area (Å²) in [6.07, 6.45) is 0.0198. The Balaban J connectivity index is 2.82. The van der Waals surface area contributed by atoms with Crippen molar-refractivity contribution in [2.24, 2.45) is 0 Å². The van der Waals surface area contributed by atoms with Crippen LogP contribution < -0.4 is 5.32 Å². The van der Waals surface area contributed by atoms with Crippen molar-refractivity contribution >= 4 is 12.4 Å². The van der Waals surface area contributed by atoms with Crippen molar-refractivity contribution in [1.82, 2.24) is 5.32 Å². The molecule has 1 unspecified atom stereocenters. The second kappa shape index (κ2) is 6.52. The Kier molecular flexibility index (Phi) is 5.27. The number of aldehydes is 1. The largest absolute Gasteiger partial charge is 0.444 e. The van der Waals surface area contributed by atoms with Gasteiger partial charge >= 0.3 is 6.09 Å². The van der Waals surface area contributed by atoms with E-state index in [1.165, 1.54) is 0 Å². The monoisotopic (exact) mass is 279 g/mol. The molecule has 1 atom stereocenters. The highest BCUT2D eigenvalue weighted by Gasteiger charge is 2.33. The van der Waals surface area contributed by atoms with E-state index in [0.29, 0.717) is 6.29 Å². The zero-order valence-electron chi connectivity index (χ0n) is 12.1. The Morgan fingerprint density at radius 3 is 2.35 bits per heavy atom. The van der Waals surface area contributed by atoms with E-state index < -0.39 is 23.8 Å². The molecule has 0 heterocycles. The van der Waals surface area contributed by atoms with Gasteiger partial charge in [-0.3, -0.25) is 0 Å². The number of benzene rings is 1. The van der Waals surface area contributed by atoms with Crippen LogP contribution in [-0.2, 0) is 16.0 Å². The Labute approximate surface area is 118 Å². The highest BCUT2D eigenvalue weighted by atomic mass is 16.6. The molecule has 5 nitrogen and oxygen atoms in total. The number of hydrogen-bond acceptors (Lipinski definition) is 4. The number of carbonyl (C=O) groups is 2. The van der Waals surface area contributed by atoms with Crippen LogP contribution in [0.1, 0.15) is 26.3 Å². The zero-order chi connectivity index (χ0) is 15.2. The summed E-state index contributed by atoms with van der Waals surface area (Å²) in [6, 6.07) is 9.16. The summed E-state index contributed by atoms with van der Waals surface area (Å²) in [5.74, 6) is 0. The minimum Gasteiger partial charge on any atom is -0.444 e. The van der Waals surface area contributed by atoms with Gasteiger partial charge in [-0.25, -0.2) is 4.79 Å². The highest BCUT2D eigenvalue weighted by Crippen LogP contribution is 2.13. The first-order valence-corrected chi connectivity index (χ1v) is 6.42. The fourth-order valence-corrected chi connectivity index (χ4v) is 1.72. The van der Waals surface area contributed by atoms with E-state index in [0.717, 1.165) is 5.56 Å². The van der Waals surface area contributed by atoms with Gasteiger partial charge in [-0.05, 0) is 26.3 Å². The molecule has 0 saturated carbocycles. The average molecular weight is 279 g/mol. The molecule has 1 aromatic rings. The molecule has 0 aliphatic carbocycles.